The Bertz CT molecular complexity index is 3270. The molecule has 4 aromatic carbocycles. The molecule has 0 aliphatic heterocycles. The van der Waals surface area contributed by atoms with Gasteiger partial charge in [-0.2, -0.15) is 44.3 Å². The zero-order valence-corrected chi connectivity index (χ0v) is 98.4. The van der Waals surface area contributed by atoms with E-state index in [4.69, 9.17) is 44.3 Å². The third-order valence-electron chi connectivity index (χ3n) is 17.2. The van der Waals surface area contributed by atoms with Crippen LogP contribution in [0.2, 0.25) is 236 Å². The minimum Gasteiger partial charge on any atom is -0.491 e. The van der Waals surface area contributed by atoms with Gasteiger partial charge in [0.05, 0.1) is 93.7 Å². The van der Waals surface area contributed by atoms with Crippen LogP contribution in [-0.4, -0.2) is 136 Å². The average molecular weight is 2410 g/mol. The van der Waals surface area contributed by atoms with E-state index in [9.17, 15) is 87.8 Å². The van der Waals surface area contributed by atoms with Crippen LogP contribution < -0.4 is 21.2 Å². The Labute approximate surface area is 757 Å². The number of nitrogens with zero attached hydrogens (tertiary/aromatic N) is 4. The van der Waals surface area contributed by atoms with E-state index in [-0.39, 0.29) is 124 Å². The molecule has 0 amide bonds. The van der Waals surface area contributed by atoms with E-state index in [1.807, 2.05) is 94.6 Å². The van der Waals surface area contributed by atoms with Crippen LogP contribution in [0.3, 0.4) is 0 Å². The van der Waals surface area contributed by atoms with Gasteiger partial charge in [-0.1, -0.05) is 236 Å². The second-order valence-corrected chi connectivity index (χ2v) is 183. The fourth-order valence-electron chi connectivity index (χ4n) is 12.9. The van der Waals surface area contributed by atoms with Gasteiger partial charge in [-0.05, 0) is 0 Å². The van der Waals surface area contributed by atoms with Crippen LogP contribution in [0, 0.1) is 116 Å². The first kappa shape index (κ1) is 123. The Morgan fingerprint density at radius 3 is 0.295 bits per heavy atom. The van der Waals surface area contributed by atoms with Gasteiger partial charge in [0, 0.05) is 0 Å². The van der Waals surface area contributed by atoms with Crippen molar-refractivity contribution >= 4 is 220 Å². The summed E-state index contributed by atoms with van der Waals surface area (Å²) in [5.74, 6) is -37.9. The Morgan fingerprint density at radius 2 is 0.232 bits per heavy atom. The van der Waals surface area contributed by atoms with E-state index >= 15 is 0 Å². The normalized spacial score (nSPS) is 14.1. The predicted molar refractivity (Wildman–Crippen MR) is 465 cm³/mol. The van der Waals surface area contributed by atoms with Crippen molar-refractivity contribution in [2.24, 2.45) is 0 Å². The molecule has 0 heterocycles. The first-order chi connectivity index (χ1) is 47.1. The maximum absolute atomic E-state index is 14.4. The Kier molecular flexibility index (Phi) is 46.9. The van der Waals surface area contributed by atoms with Gasteiger partial charge in [-0.15, -0.1) is 21.2 Å². The summed E-state index contributed by atoms with van der Waals surface area (Å²) in [6.45, 7) is 64.2. The van der Waals surface area contributed by atoms with Gasteiger partial charge in [0.25, 0.3) is 0 Å². The predicted octanol–water partition coefficient (Wildman–Crippen LogP) is 26.1. The van der Waals surface area contributed by atoms with Gasteiger partial charge in [0.15, 0.2) is 96.1 Å². The van der Waals surface area contributed by atoms with Crippen LogP contribution in [0.15, 0.2) is 0 Å². The number of hydrogen-bond donors (Lipinski definition) is 0. The molecule has 4 nitrogen and oxygen atoms in total. The molecule has 0 spiro atoms. The molecule has 0 saturated heterocycles. The summed E-state index contributed by atoms with van der Waals surface area (Å²) in [5, 5.41) is -3.21. The maximum atomic E-state index is 14.4. The molecule has 0 aliphatic rings. The maximum Gasteiger partial charge on any atom is 1.00 e. The van der Waals surface area contributed by atoms with Crippen molar-refractivity contribution in [3.8, 4) is 0 Å². The summed E-state index contributed by atoms with van der Waals surface area (Å²) in [6.07, 6.45) is 0. The van der Waals surface area contributed by atoms with Crippen LogP contribution >= 0.6 is 79.2 Å². The monoisotopic (exact) mass is 2400 g/mol. The summed E-state index contributed by atoms with van der Waals surface area (Å²) >= 11 is 29.7. The van der Waals surface area contributed by atoms with Gasteiger partial charge in [0.2, 0.25) is 0 Å². The fourth-order valence-corrected chi connectivity index (χ4v) is 261. The molecule has 0 N–H and O–H groups in total. The first-order valence-electron chi connectivity index (χ1n) is 34.0. The summed E-state index contributed by atoms with van der Waals surface area (Å²) in [4.78, 5) is 0. The molecule has 0 saturated carbocycles. The van der Waals surface area contributed by atoms with E-state index in [1.54, 1.807) is 0 Å². The van der Waals surface area contributed by atoms with Crippen molar-refractivity contribution in [2.45, 2.75) is 236 Å². The van der Waals surface area contributed by atoms with E-state index in [0.717, 1.165) is 0 Å². The van der Waals surface area contributed by atoms with E-state index in [0.29, 0.717) is 0 Å². The number of halogens is 24. The molecule has 0 aromatic heterocycles. The topological polar surface area (TPSA) is 13.0 Å². The van der Waals surface area contributed by atoms with Gasteiger partial charge in [-0.25, -0.2) is 87.8 Å². The standard InChI is InChI=1S/4C15H27ClF5NPSi4.4Ag/c4*1-24(2,3)22(27(16,25(4,5)6)26(7,8)9)23-15-13(20)11(18)10(17)12(19)14(15)21;;;;/h4*1-9H3;;;;/q4*-1;4*+1. The van der Waals surface area contributed by atoms with Crippen LogP contribution in [0.1, 0.15) is 0 Å². The van der Waals surface area contributed by atoms with E-state index in [1.165, 1.54) is 0 Å². The Hall–Kier alpha value is 4.63. The van der Waals surface area contributed by atoms with Crippen molar-refractivity contribution in [3.63, 3.8) is 0 Å². The molecule has 0 aliphatic carbocycles. The number of benzene rings is 4. The summed E-state index contributed by atoms with van der Waals surface area (Å²) < 4.78 is 287. The summed E-state index contributed by atoms with van der Waals surface area (Å²) in [5.41, 5.74) is 0. The summed E-state index contributed by atoms with van der Waals surface area (Å²) in [6, 6.07) is 0. The largest absolute Gasteiger partial charge is 1.00 e. The second-order valence-electron chi connectivity index (χ2n) is 38.5. The quantitative estimate of drug-likeness (QED) is 0.0173. The second kappa shape index (κ2) is 42.7. The van der Waals surface area contributed by atoms with Crippen molar-refractivity contribution < 1.29 is 177 Å². The van der Waals surface area contributed by atoms with Crippen molar-refractivity contribution in [1.29, 1.82) is 0 Å². The van der Waals surface area contributed by atoms with Crippen LogP contribution in [0.25, 0.3) is 0 Å². The van der Waals surface area contributed by atoms with Gasteiger partial charge < -0.3 is 50.9 Å². The average Bonchev–Trinajstić information content (AvgIpc) is 0.744. The minimum absolute atomic E-state index is 0. The first-order valence-corrected chi connectivity index (χ1v) is 99.0. The molecule has 0 bridgehead atoms. The van der Waals surface area contributed by atoms with Crippen LogP contribution in [0.5, 0.6) is 0 Å². The fraction of sp³-hybridized carbons (Fsp3) is 0.600. The summed E-state index contributed by atoms with van der Waals surface area (Å²) in [7, 11) is -25.4. The van der Waals surface area contributed by atoms with Crippen LogP contribution in [0.4, 0.5) is 87.8 Å². The molecule has 4 aromatic rings. The van der Waals surface area contributed by atoms with Gasteiger partial charge >= 0.3 is 89.5 Å². The molecule has 4 rings (SSSR count). The van der Waals surface area contributed by atoms with Crippen molar-refractivity contribution in [3.05, 3.63) is 116 Å². The minimum atomic E-state index is -2.73. The third kappa shape index (κ3) is 26.4. The zero-order valence-electron chi connectivity index (χ0n) is 69.9. The molecule has 0 radical (unpaired) electrons. The van der Waals surface area contributed by atoms with Gasteiger partial charge in [-0.3, -0.25) is 0 Å². The molecule has 0 atom stereocenters. The van der Waals surface area contributed by atoms with E-state index < -0.39 is 258 Å². The van der Waals surface area contributed by atoms with Gasteiger partial charge in [0.1, 0.15) is 46.5 Å². The van der Waals surface area contributed by atoms with Crippen LogP contribution in [-0.2, 0) is 89.5 Å². The molecule has 664 valence electrons. The Morgan fingerprint density at radius 1 is 0.161 bits per heavy atom. The third-order valence-corrected chi connectivity index (χ3v) is 232. The smallest absolute Gasteiger partial charge is 0.491 e. The van der Waals surface area contributed by atoms with Crippen molar-refractivity contribution in [2.75, 3.05) is 0 Å². The Balaban J connectivity index is -0.000000686. The van der Waals surface area contributed by atoms with E-state index in [2.05, 4.69) is 157 Å². The molecular weight excluding hydrogens is 2300 g/mol. The molecule has 0 unspecified atom stereocenters. The zero-order chi connectivity index (χ0) is 87.0. The van der Waals surface area contributed by atoms with Crippen molar-refractivity contribution in [1.82, 2.24) is 16.0 Å². The SMILES string of the molecule is C[Si](C)(C)N([P-]c1c(F)c(F)c(F)c(F)c1F)[Si](Cl)([Si](C)(C)C)[Si](C)(C)C.C[Si](C)(C)N([P-]c1c(F)c(F)c(F)c(F)c1F)[Si](Cl)([Si](C)(C)C)[Si](C)(C)C.C[Si](C)(C)N([P-]c1c(F)c(F)c(F)c(F)c1F)[Si](Cl)([Si](C)(C)C)[Si](C)(C)C.C[Si](C)(C)N([P-]c1c(F)c(F)c(F)c(F)c1F)[Si](Cl)([Si](C)(C)C)[Si](C)(C)C.[Ag+].[Ag+].[Ag+].[Ag+]. The molecule has 52 heteroatoms. The molecule has 112 heavy (non-hydrogen) atoms. The molecule has 0 fully saturated rings. The number of rotatable bonds is 24. The molecular formula is C60H108Ag4Cl4F20N4P4Si16. The number of hydrogen-bond acceptors (Lipinski definition) is 4.